The minimum Gasteiger partial charge on any atom is -0.369 e. The van der Waals surface area contributed by atoms with Crippen LogP contribution in [0.5, 0.6) is 0 Å². The van der Waals surface area contributed by atoms with Crippen LogP contribution >= 0.6 is 0 Å². The van der Waals surface area contributed by atoms with E-state index in [1.807, 2.05) is 68.4 Å². The van der Waals surface area contributed by atoms with Crippen molar-refractivity contribution in [2.24, 2.45) is 21.7 Å². The third kappa shape index (κ3) is 6.74. The SMILES string of the molecule is C/C(=N/N=C(N)N)c1ccccc1.CNC(=O)c1ccc(C)cc1. The molecule has 2 aromatic rings. The normalized spacial score (nSPS) is 10.2. The second-order valence-electron chi connectivity index (χ2n) is 5.02. The minimum absolute atomic E-state index is 0.0321. The molecule has 0 heterocycles. The van der Waals surface area contributed by atoms with Crippen molar-refractivity contribution < 1.29 is 4.79 Å². The van der Waals surface area contributed by atoms with Crippen LogP contribution in [0.1, 0.15) is 28.4 Å². The van der Waals surface area contributed by atoms with E-state index in [0.29, 0.717) is 5.56 Å². The van der Waals surface area contributed by atoms with Crippen LogP contribution < -0.4 is 16.8 Å². The molecule has 0 aliphatic heterocycles. The molecule has 6 nitrogen and oxygen atoms in total. The third-order valence-electron chi connectivity index (χ3n) is 3.05. The summed E-state index contributed by atoms with van der Waals surface area (Å²) in [5.41, 5.74) is 13.9. The van der Waals surface area contributed by atoms with Gasteiger partial charge in [0, 0.05) is 12.6 Å². The number of carbonyl (C=O) groups is 1. The third-order valence-corrected chi connectivity index (χ3v) is 3.05. The average Bonchev–Trinajstić information content (AvgIpc) is 2.61. The zero-order valence-electron chi connectivity index (χ0n) is 14.2. The number of benzene rings is 2. The molecule has 0 saturated heterocycles. The van der Waals surface area contributed by atoms with E-state index in [1.165, 1.54) is 0 Å². The highest BCUT2D eigenvalue weighted by Gasteiger charge is 1.99. The van der Waals surface area contributed by atoms with E-state index >= 15 is 0 Å². The van der Waals surface area contributed by atoms with Crippen LogP contribution in [0.4, 0.5) is 0 Å². The number of amides is 1. The van der Waals surface area contributed by atoms with Gasteiger partial charge in [0.15, 0.2) is 0 Å². The van der Waals surface area contributed by atoms with Crippen LogP contribution in [0.2, 0.25) is 0 Å². The Morgan fingerprint density at radius 1 is 0.917 bits per heavy atom. The summed E-state index contributed by atoms with van der Waals surface area (Å²) in [5, 5.41) is 9.97. The molecule has 0 aliphatic carbocycles. The predicted octanol–water partition coefficient (Wildman–Crippen LogP) is 2.04. The fourth-order valence-electron chi connectivity index (χ4n) is 1.72. The predicted molar refractivity (Wildman–Crippen MR) is 99.0 cm³/mol. The lowest BCUT2D eigenvalue weighted by Gasteiger charge is -1.98. The van der Waals surface area contributed by atoms with Crippen molar-refractivity contribution in [3.63, 3.8) is 0 Å². The van der Waals surface area contributed by atoms with Gasteiger partial charge in [-0.2, -0.15) is 5.10 Å². The molecule has 0 saturated carbocycles. The van der Waals surface area contributed by atoms with E-state index < -0.39 is 0 Å². The first-order valence-electron chi connectivity index (χ1n) is 7.41. The summed E-state index contributed by atoms with van der Waals surface area (Å²) < 4.78 is 0. The molecule has 24 heavy (non-hydrogen) atoms. The summed E-state index contributed by atoms with van der Waals surface area (Å²) in [6.07, 6.45) is 0. The molecule has 1 amide bonds. The molecule has 126 valence electrons. The highest BCUT2D eigenvalue weighted by Crippen LogP contribution is 2.02. The van der Waals surface area contributed by atoms with Gasteiger partial charge in [-0.25, -0.2) is 0 Å². The van der Waals surface area contributed by atoms with Gasteiger partial charge in [-0.1, -0.05) is 48.0 Å². The van der Waals surface area contributed by atoms with Crippen molar-refractivity contribution in [3.8, 4) is 0 Å². The molecule has 0 atom stereocenters. The summed E-state index contributed by atoms with van der Waals surface area (Å²) in [7, 11) is 1.63. The lowest BCUT2D eigenvalue weighted by molar-refractivity contribution is 0.0963. The maximum absolute atomic E-state index is 11.0. The van der Waals surface area contributed by atoms with Crippen molar-refractivity contribution in [2.75, 3.05) is 7.05 Å². The molecule has 2 aromatic carbocycles. The molecule has 6 heteroatoms. The Kier molecular flexibility index (Phi) is 7.70. The number of aryl methyl sites for hydroxylation is 1. The smallest absolute Gasteiger partial charge is 0.251 e. The van der Waals surface area contributed by atoms with Gasteiger partial charge in [0.2, 0.25) is 5.96 Å². The fourth-order valence-corrected chi connectivity index (χ4v) is 1.72. The highest BCUT2D eigenvalue weighted by molar-refractivity contribution is 5.98. The van der Waals surface area contributed by atoms with E-state index in [1.54, 1.807) is 7.05 Å². The molecule has 0 unspecified atom stereocenters. The number of nitrogens with zero attached hydrogens (tertiary/aromatic N) is 2. The Morgan fingerprint density at radius 3 is 2.00 bits per heavy atom. The van der Waals surface area contributed by atoms with Gasteiger partial charge in [-0.15, -0.1) is 5.10 Å². The molecule has 0 fully saturated rings. The first kappa shape index (κ1) is 18.9. The summed E-state index contributed by atoms with van der Waals surface area (Å²) in [6.45, 7) is 3.84. The van der Waals surface area contributed by atoms with Crippen LogP contribution in [0.15, 0.2) is 64.8 Å². The molecule has 0 aromatic heterocycles. The Morgan fingerprint density at radius 2 is 1.50 bits per heavy atom. The van der Waals surface area contributed by atoms with E-state index in [4.69, 9.17) is 11.5 Å². The molecule has 0 spiro atoms. The lowest BCUT2D eigenvalue weighted by atomic mass is 10.1. The van der Waals surface area contributed by atoms with Crippen molar-refractivity contribution in [1.29, 1.82) is 0 Å². The maximum atomic E-state index is 11.0. The standard InChI is InChI=1S/C9H12N4.C9H11NO/c1-7(12-13-9(10)11)8-5-3-2-4-6-8;1-7-3-5-8(6-4-7)9(11)10-2/h2-6H,1H3,(H4,10,11,13);3-6H,1-2H3,(H,10,11)/b12-7-;. The lowest BCUT2D eigenvalue weighted by Crippen LogP contribution is -2.22. The van der Waals surface area contributed by atoms with E-state index in [9.17, 15) is 4.79 Å². The number of guanidine groups is 1. The summed E-state index contributed by atoms with van der Waals surface area (Å²) in [4.78, 5) is 11.0. The van der Waals surface area contributed by atoms with E-state index in [-0.39, 0.29) is 11.9 Å². The first-order valence-corrected chi connectivity index (χ1v) is 7.41. The largest absolute Gasteiger partial charge is 0.369 e. The van der Waals surface area contributed by atoms with Gasteiger partial charge in [0.25, 0.3) is 5.91 Å². The van der Waals surface area contributed by atoms with Gasteiger partial charge >= 0.3 is 0 Å². The van der Waals surface area contributed by atoms with Crippen LogP contribution in [0.3, 0.4) is 0 Å². The fraction of sp³-hybridized carbons (Fsp3) is 0.167. The second-order valence-corrected chi connectivity index (χ2v) is 5.02. The van der Waals surface area contributed by atoms with E-state index in [2.05, 4.69) is 15.5 Å². The molecule has 2 rings (SSSR count). The molecular weight excluding hydrogens is 302 g/mol. The van der Waals surface area contributed by atoms with Crippen molar-refractivity contribution in [3.05, 3.63) is 71.3 Å². The highest BCUT2D eigenvalue weighted by atomic mass is 16.1. The molecular formula is C18H23N5O. The van der Waals surface area contributed by atoms with Crippen LogP contribution in [0, 0.1) is 6.92 Å². The van der Waals surface area contributed by atoms with Crippen LogP contribution in [-0.2, 0) is 0 Å². The Hall–Kier alpha value is -3.15. The Labute approximate surface area is 142 Å². The van der Waals surface area contributed by atoms with Gasteiger partial charge in [-0.3, -0.25) is 4.79 Å². The van der Waals surface area contributed by atoms with E-state index in [0.717, 1.165) is 16.8 Å². The molecule has 0 bridgehead atoms. The van der Waals surface area contributed by atoms with Crippen molar-refractivity contribution in [2.45, 2.75) is 13.8 Å². The Balaban J connectivity index is 0.000000243. The first-order chi connectivity index (χ1) is 11.4. The monoisotopic (exact) mass is 325 g/mol. The zero-order valence-corrected chi connectivity index (χ0v) is 14.2. The average molecular weight is 325 g/mol. The molecule has 5 N–H and O–H groups in total. The number of hydrogen-bond donors (Lipinski definition) is 3. The Bertz CT molecular complexity index is 702. The number of carbonyl (C=O) groups excluding carboxylic acids is 1. The summed E-state index contributed by atoms with van der Waals surface area (Å²) >= 11 is 0. The maximum Gasteiger partial charge on any atom is 0.251 e. The van der Waals surface area contributed by atoms with Gasteiger partial charge in [0.05, 0.1) is 5.71 Å². The summed E-state index contributed by atoms with van der Waals surface area (Å²) in [6, 6.07) is 17.2. The molecule has 0 radical (unpaired) electrons. The number of rotatable bonds is 3. The van der Waals surface area contributed by atoms with Crippen LogP contribution in [-0.4, -0.2) is 24.6 Å². The van der Waals surface area contributed by atoms with Gasteiger partial charge in [-0.05, 0) is 31.5 Å². The summed E-state index contributed by atoms with van der Waals surface area (Å²) in [5.74, 6) is -0.0692. The zero-order chi connectivity index (χ0) is 17.9. The number of hydrogen-bond acceptors (Lipinski definition) is 3. The number of nitrogens with two attached hydrogens (primary N) is 2. The topological polar surface area (TPSA) is 106 Å². The quantitative estimate of drug-likeness (QED) is 0.457. The van der Waals surface area contributed by atoms with Crippen molar-refractivity contribution in [1.82, 2.24) is 5.32 Å². The number of nitrogens with one attached hydrogen (secondary N) is 1. The molecule has 0 aliphatic rings. The van der Waals surface area contributed by atoms with Gasteiger partial charge < -0.3 is 16.8 Å². The second kappa shape index (κ2) is 9.78. The van der Waals surface area contributed by atoms with Crippen LogP contribution in [0.25, 0.3) is 0 Å². The van der Waals surface area contributed by atoms with Crippen molar-refractivity contribution >= 4 is 17.6 Å². The minimum atomic E-state index is -0.0370. The van der Waals surface area contributed by atoms with Gasteiger partial charge in [0.1, 0.15) is 0 Å².